The summed E-state index contributed by atoms with van der Waals surface area (Å²) in [4.78, 5) is 21.5. The average Bonchev–Trinajstić information content (AvgIpc) is 2.65. The van der Waals surface area contributed by atoms with Gasteiger partial charge in [0.1, 0.15) is 7.11 Å². The summed E-state index contributed by atoms with van der Waals surface area (Å²) in [6.07, 6.45) is 0. The minimum atomic E-state index is -1.17. The molecule has 0 fully saturated rings. The van der Waals surface area contributed by atoms with Crippen LogP contribution in [0.5, 0.6) is 0 Å². The summed E-state index contributed by atoms with van der Waals surface area (Å²) in [6.45, 7) is 2.03. The lowest BCUT2D eigenvalue weighted by Crippen LogP contribution is -2.25. The Kier molecular flexibility index (Phi) is 7.37. The molecule has 6 nitrogen and oxygen atoms in total. The van der Waals surface area contributed by atoms with Gasteiger partial charge in [-0.2, -0.15) is 5.48 Å². The molecule has 6 heteroatoms. The van der Waals surface area contributed by atoms with Crippen LogP contribution in [0.3, 0.4) is 0 Å². The Morgan fingerprint density at radius 2 is 1.88 bits per heavy atom. The van der Waals surface area contributed by atoms with Gasteiger partial charge in [0, 0.05) is 11.1 Å². The fourth-order valence-corrected chi connectivity index (χ4v) is 2.16. The van der Waals surface area contributed by atoms with E-state index >= 15 is 0 Å². The molecule has 26 heavy (non-hydrogen) atoms. The zero-order valence-corrected chi connectivity index (χ0v) is 14.6. The molecular formula is C20H20N2O4. The molecule has 0 amide bonds. The molecule has 0 saturated carbocycles. The van der Waals surface area contributed by atoms with Crippen molar-refractivity contribution < 1.29 is 19.6 Å². The van der Waals surface area contributed by atoms with Crippen molar-refractivity contribution in [1.29, 1.82) is 0 Å². The number of benzene rings is 2. The fraction of sp³-hybridized carbons (Fsp3) is 0.200. The van der Waals surface area contributed by atoms with Gasteiger partial charge in [0.05, 0.1) is 12.6 Å². The van der Waals surface area contributed by atoms with Gasteiger partial charge in [0.2, 0.25) is 0 Å². The van der Waals surface area contributed by atoms with Gasteiger partial charge in [-0.3, -0.25) is 4.84 Å². The summed E-state index contributed by atoms with van der Waals surface area (Å²) in [6, 6.07) is 16.4. The van der Waals surface area contributed by atoms with Crippen LogP contribution < -0.4 is 5.48 Å². The monoisotopic (exact) mass is 352 g/mol. The van der Waals surface area contributed by atoms with Crippen LogP contribution in [-0.4, -0.2) is 29.9 Å². The Morgan fingerprint density at radius 1 is 1.19 bits per heavy atom. The molecule has 0 aliphatic carbocycles. The van der Waals surface area contributed by atoms with Crippen molar-refractivity contribution >= 4 is 11.7 Å². The molecule has 0 aliphatic rings. The minimum Gasteiger partial charge on any atom is -0.476 e. The largest absolute Gasteiger partial charge is 0.476 e. The molecule has 0 heterocycles. The van der Waals surface area contributed by atoms with Crippen molar-refractivity contribution in [3.8, 4) is 11.8 Å². The summed E-state index contributed by atoms with van der Waals surface area (Å²) in [7, 11) is 1.30. The van der Waals surface area contributed by atoms with Crippen molar-refractivity contribution in [2.45, 2.75) is 19.6 Å². The first-order valence-electron chi connectivity index (χ1n) is 7.98. The number of nitrogens with one attached hydrogen (secondary N) is 1. The summed E-state index contributed by atoms with van der Waals surface area (Å²) in [5.41, 5.74) is 4.69. The number of carboxylic acid groups (broad SMARTS) is 1. The molecule has 0 spiro atoms. The lowest BCUT2D eigenvalue weighted by atomic mass is 10.0. The molecule has 2 rings (SSSR count). The van der Waals surface area contributed by atoms with Crippen LogP contribution in [0.1, 0.15) is 23.6 Å². The maximum Gasteiger partial charge on any atom is 0.358 e. The predicted octanol–water partition coefficient (Wildman–Crippen LogP) is 2.58. The highest BCUT2D eigenvalue weighted by Crippen LogP contribution is 2.12. The van der Waals surface area contributed by atoms with Crippen LogP contribution in [-0.2, 0) is 21.1 Å². The molecule has 2 aromatic rings. The lowest BCUT2D eigenvalue weighted by Gasteiger charge is -2.11. The molecular weight excluding hydrogens is 332 g/mol. The number of hydrogen-bond donors (Lipinski definition) is 2. The van der Waals surface area contributed by atoms with E-state index in [0.29, 0.717) is 11.1 Å². The molecule has 2 aromatic carbocycles. The summed E-state index contributed by atoms with van der Waals surface area (Å²) >= 11 is 0. The van der Waals surface area contributed by atoms with E-state index in [1.807, 2.05) is 37.3 Å². The van der Waals surface area contributed by atoms with Crippen molar-refractivity contribution in [3.05, 3.63) is 71.3 Å². The van der Waals surface area contributed by atoms with Gasteiger partial charge in [0.25, 0.3) is 0 Å². The van der Waals surface area contributed by atoms with E-state index in [1.54, 1.807) is 24.3 Å². The van der Waals surface area contributed by atoms with Crippen LogP contribution in [0.25, 0.3) is 0 Å². The van der Waals surface area contributed by atoms with Gasteiger partial charge >= 0.3 is 5.97 Å². The quantitative estimate of drug-likeness (QED) is 0.455. The van der Waals surface area contributed by atoms with Crippen molar-refractivity contribution in [1.82, 2.24) is 5.48 Å². The topological polar surface area (TPSA) is 80.2 Å². The van der Waals surface area contributed by atoms with Crippen LogP contribution in [0.15, 0.2) is 59.8 Å². The van der Waals surface area contributed by atoms with Crippen LogP contribution in [0, 0.1) is 11.8 Å². The van der Waals surface area contributed by atoms with Crippen LogP contribution >= 0.6 is 0 Å². The first-order valence-corrected chi connectivity index (χ1v) is 7.98. The number of hydrogen-bond acceptors (Lipinski definition) is 5. The van der Waals surface area contributed by atoms with E-state index in [2.05, 4.69) is 27.3 Å². The number of hydroxylamine groups is 1. The number of oxime groups is 1. The Balaban J connectivity index is 1.99. The van der Waals surface area contributed by atoms with Gasteiger partial charge in [-0.05, 0) is 24.6 Å². The maximum atomic E-state index is 11.4. The lowest BCUT2D eigenvalue weighted by molar-refractivity contribution is -0.129. The number of carboxylic acids is 1. The third-order valence-corrected chi connectivity index (χ3v) is 3.35. The predicted molar refractivity (Wildman–Crippen MR) is 98.3 cm³/mol. The van der Waals surface area contributed by atoms with E-state index in [9.17, 15) is 9.90 Å². The van der Waals surface area contributed by atoms with Crippen LogP contribution in [0.2, 0.25) is 0 Å². The first-order chi connectivity index (χ1) is 12.6. The minimum absolute atomic E-state index is 0.156. The van der Waals surface area contributed by atoms with E-state index in [0.717, 1.165) is 5.56 Å². The Hall–Kier alpha value is -3.14. The van der Waals surface area contributed by atoms with Gasteiger partial charge < -0.3 is 9.94 Å². The number of nitrogens with zero attached hydrogens (tertiary/aromatic N) is 1. The van der Waals surface area contributed by atoms with Gasteiger partial charge in [-0.15, -0.1) is 0 Å². The summed E-state index contributed by atoms with van der Waals surface area (Å²) < 4.78 is 0. The second-order valence-electron chi connectivity index (χ2n) is 5.35. The first kappa shape index (κ1) is 19.2. The SMILES string of the molecule is CO/N=C(/C(=O)O)c1ccccc1CONC(C)C#Cc1ccccc1. The zero-order valence-electron chi connectivity index (χ0n) is 14.6. The number of rotatable bonds is 7. The molecule has 1 atom stereocenters. The van der Waals surface area contributed by atoms with E-state index in [1.165, 1.54) is 7.11 Å². The molecule has 0 bridgehead atoms. The Bertz CT molecular complexity index is 822. The molecule has 134 valence electrons. The normalized spacial score (nSPS) is 12.0. The van der Waals surface area contributed by atoms with Gasteiger partial charge in [-0.25, -0.2) is 4.79 Å². The standard InChI is InChI=1S/C20H20N2O4/c1-15(12-13-16-8-4-3-5-9-16)21-26-14-17-10-6-7-11-18(17)19(20(23)24)22-25-2/h3-11,15,21H,14H2,1-2H3,(H,23,24)/b22-19+. The van der Waals surface area contributed by atoms with E-state index in [4.69, 9.17) is 4.84 Å². The Morgan fingerprint density at radius 3 is 2.58 bits per heavy atom. The van der Waals surface area contributed by atoms with Gasteiger partial charge in [0.15, 0.2) is 5.71 Å². The van der Waals surface area contributed by atoms with Gasteiger partial charge in [-0.1, -0.05) is 59.5 Å². The molecule has 2 N–H and O–H groups in total. The maximum absolute atomic E-state index is 11.4. The molecule has 0 saturated heterocycles. The molecule has 1 unspecified atom stereocenters. The van der Waals surface area contributed by atoms with E-state index < -0.39 is 5.97 Å². The van der Waals surface area contributed by atoms with Crippen molar-refractivity contribution in [2.24, 2.45) is 5.16 Å². The molecule has 0 radical (unpaired) electrons. The summed E-state index contributed by atoms with van der Waals surface area (Å²) in [5, 5.41) is 12.9. The smallest absolute Gasteiger partial charge is 0.358 e. The van der Waals surface area contributed by atoms with Crippen molar-refractivity contribution in [2.75, 3.05) is 7.11 Å². The zero-order chi connectivity index (χ0) is 18.8. The third kappa shape index (κ3) is 5.74. The average molecular weight is 352 g/mol. The summed E-state index contributed by atoms with van der Waals surface area (Å²) in [5.74, 6) is 4.91. The van der Waals surface area contributed by atoms with Crippen molar-refractivity contribution in [3.63, 3.8) is 0 Å². The molecule has 0 aromatic heterocycles. The molecule has 0 aliphatic heterocycles. The number of aliphatic carboxylic acids is 1. The highest BCUT2D eigenvalue weighted by Gasteiger charge is 2.17. The number of carbonyl (C=O) groups is 1. The van der Waals surface area contributed by atoms with Crippen LogP contribution in [0.4, 0.5) is 0 Å². The Labute approximate surface area is 152 Å². The van der Waals surface area contributed by atoms with E-state index in [-0.39, 0.29) is 18.4 Å². The second kappa shape index (κ2) is 9.99. The fourth-order valence-electron chi connectivity index (χ4n) is 2.16. The highest BCUT2D eigenvalue weighted by molar-refractivity contribution is 6.42. The third-order valence-electron chi connectivity index (χ3n) is 3.35. The highest BCUT2D eigenvalue weighted by atomic mass is 16.6. The second-order valence-corrected chi connectivity index (χ2v) is 5.35.